The SMILES string of the molecule is O=S(=O)(NCCSCc1ccsc1)c1ccccc1F. The van der Waals surface area contributed by atoms with Crippen LogP contribution in [0.25, 0.3) is 0 Å². The number of rotatable bonds is 7. The second-order valence-corrected chi connectivity index (χ2v) is 7.63. The normalized spacial score (nSPS) is 11.7. The van der Waals surface area contributed by atoms with E-state index < -0.39 is 15.8 Å². The number of benzene rings is 1. The van der Waals surface area contributed by atoms with Crippen LogP contribution in [0.4, 0.5) is 4.39 Å². The van der Waals surface area contributed by atoms with Crippen LogP contribution < -0.4 is 4.72 Å². The summed E-state index contributed by atoms with van der Waals surface area (Å²) in [5.41, 5.74) is 1.23. The van der Waals surface area contributed by atoms with Crippen molar-refractivity contribution < 1.29 is 12.8 Å². The Kier molecular flexibility index (Phi) is 5.59. The number of nitrogens with one attached hydrogen (secondary N) is 1. The van der Waals surface area contributed by atoms with E-state index in [0.29, 0.717) is 5.75 Å². The fourth-order valence-electron chi connectivity index (χ4n) is 1.55. The Morgan fingerprint density at radius 2 is 2.05 bits per heavy atom. The quantitative estimate of drug-likeness (QED) is 0.793. The average molecular weight is 331 g/mol. The first-order chi connectivity index (χ1) is 9.59. The summed E-state index contributed by atoms with van der Waals surface area (Å²) in [6.07, 6.45) is 0. The number of thiophene rings is 1. The molecule has 0 radical (unpaired) electrons. The zero-order valence-electron chi connectivity index (χ0n) is 10.6. The van der Waals surface area contributed by atoms with Crippen molar-refractivity contribution in [3.8, 4) is 0 Å². The van der Waals surface area contributed by atoms with Crippen LogP contribution in [0.2, 0.25) is 0 Å². The van der Waals surface area contributed by atoms with Crippen molar-refractivity contribution in [1.29, 1.82) is 0 Å². The summed E-state index contributed by atoms with van der Waals surface area (Å²) < 4.78 is 39.6. The molecule has 0 amide bonds. The third-order valence-corrected chi connectivity index (χ3v) is 5.77. The van der Waals surface area contributed by atoms with Gasteiger partial charge in [-0.15, -0.1) is 0 Å². The lowest BCUT2D eigenvalue weighted by atomic mass is 10.4. The molecule has 0 atom stereocenters. The topological polar surface area (TPSA) is 46.2 Å². The smallest absolute Gasteiger partial charge is 0.210 e. The second kappa shape index (κ2) is 7.21. The minimum absolute atomic E-state index is 0.283. The fraction of sp³-hybridized carbons (Fsp3) is 0.231. The Hall–Kier alpha value is -0.890. The van der Waals surface area contributed by atoms with Crippen molar-refractivity contribution in [3.05, 3.63) is 52.5 Å². The third-order valence-electron chi connectivity index (χ3n) is 2.51. The molecule has 0 aliphatic carbocycles. The largest absolute Gasteiger partial charge is 0.243 e. The van der Waals surface area contributed by atoms with E-state index in [2.05, 4.69) is 10.1 Å². The summed E-state index contributed by atoms with van der Waals surface area (Å²) in [6, 6.07) is 7.41. The summed E-state index contributed by atoms with van der Waals surface area (Å²) in [4.78, 5) is -0.303. The van der Waals surface area contributed by atoms with Crippen LogP contribution in [0.3, 0.4) is 0 Å². The summed E-state index contributed by atoms with van der Waals surface area (Å²) >= 11 is 3.28. The standard InChI is InChI=1S/C13H14FNO2S3/c14-12-3-1-2-4-13(12)20(16,17)15-6-8-19-10-11-5-7-18-9-11/h1-5,7,9,15H,6,8,10H2. The molecule has 0 bridgehead atoms. The molecule has 3 nitrogen and oxygen atoms in total. The number of hydrogen-bond acceptors (Lipinski definition) is 4. The van der Waals surface area contributed by atoms with Gasteiger partial charge in [0.15, 0.2) is 0 Å². The predicted molar refractivity (Wildman–Crippen MR) is 82.1 cm³/mol. The zero-order valence-corrected chi connectivity index (χ0v) is 13.0. The lowest BCUT2D eigenvalue weighted by Crippen LogP contribution is -2.26. The van der Waals surface area contributed by atoms with Crippen molar-refractivity contribution in [3.63, 3.8) is 0 Å². The van der Waals surface area contributed by atoms with Crippen molar-refractivity contribution in [2.75, 3.05) is 12.3 Å². The maximum absolute atomic E-state index is 13.4. The van der Waals surface area contributed by atoms with Gasteiger partial charge in [-0.3, -0.25) is 0 Å². The van der Waals surface area contributed by atoms with E-state index in [1.807, 2.05) is 11.4 Å². The average Bonchev–Trinajstić information content (AvgIpc) is 2.91. The van der Waals surface area contributed by atoms with Gasteiger partial charge < -0.3 is 0 Å². The number of sulfonamides is 1. The van der Waals surface area contributed by atoms with E-state index in [4.69, 9.17) is 0 Å². The molecular formula is C13H14FNO2S3. The molecule has 0 aliphatic heterocycles. The van der Waals surface area contributed by atoms with Crippen LogP contribution in [0, 0.1) is 5.82 Å². The van der Waals surface area contributed by atoms with Gasteiger partial charge in [0.2, 0.25) is 10.0 Å². The molecule has 7 heteroatoms. The Morgan fingerprint density at radius 1 is 1.25 bits per heavy atom. The van der Waals surface area contributed by atoms with Crippen molar-refractivity contribution in [1.82, 2.24) is 4.72 Å². The van der Waals surface area contributed by atoms with E-state index in [1.165, 1.54) is 23.8 Å². The predicted octanol–water partition coefficient (Wildman–Crippen LogP) is 3.10. The first kappa shape index (κ1) is 15.5. The molecular weight excluding hydrogens is 317 g/mol. The van der Waals surface area contributed by atoms with E-state index >= 15 is 0 Å². The van der Waals surface area contributed by atoms with Gasteiger partial charge in [-0.1, -0.05) is 12.1 Å². The number of hydrogen-bond donors (Lipinski definition) is 1. The van der Waals surface area contributed by atoms with Gasteiger partial charge in [0.25, 0.3) is 0 Å². The van der Waals surface area contributed by atoms with Gasteiger partial charge in [0, 0.05) is 18.1 Å². The lowest BCUT2D eigenvalue weighted by Gasteiger charge is -2.07. The van der Waals surface area contributed by atoms with Gasteiger partial charge in [-0.05, 0) is 34.5 Å². The van der Waals surface area contributed by atoms with Crippen LogP contribution in [0.5, 0.6) is 0 Å². The Balaban J connectivity index is 1.80. The second-order valence-electron chi connectivity index (χ2n) is 4.01. The summed E-state index contributed by atoms with van der Waals surface area (Å²) in [5.74, 6) is 0.764. The molecule has 1 heterocycles. The van der Waals surface area contributed by atoms with E-state index in [9.17, 15) is 12.8 Å². The first-order valence-corrected chi connectivity index (χ1v) is 9.51. The molecule has 0 saturated heterocycles. The summed E-state index contributed by atoms with van der Waals surface area (Å²) in [7, 11) is -3.76. The Bertz CT molecular complexity index is 641. The summed E-state index contributed by atoms with van der Waals surface area (Å²) in [6.45, 7) is 0.283. The highest BCUT2D eigenvalue weighted by Crippen LogP contribution is 2.15. The minimum Gasteiger partial charge on any atom is -0.210 e. The van der Waals surface area contributed by atoms with Crippen LogP contribution in [-0.2, 0) is 15.8 Å². The number of thioether (sulfide) groups is 1. The highest BCUT2D eigenvalue weighted by atomic mass is 32.2. The molecule has 1 aromatic carbocycles. The third kappa shape index (κ3) is 4.31. The molecule has 0 unspecified atom stereocenters. The van der Waals surface area contributed by atoms with Crippen LogP contribution in [0.1, 0.15) is 5.56 Å². The molecule has 2 rings (SSSR count). The highest BCUT2D eigenvalue weighted by molar-refractivity contribution is 7.98. The molecule has 108 valence electrons. The van der Waals surface area contributed by atoms with Crippen LogP contribution in [0.15, 0.2) is 46.0 Å². The van der Waals surface area contributed by atoms with Gasteiger partial charge in [0.1, 0.15) is 10.7 Å². The van der Waals surface area contributed by atoms with E-state index in [1.54, 1.807) is 23.1 Å². The van der Waals surface area contributed by atoms with Gasteiger partial charge in [-0.25, -0.2) is 17.5 Å². The first-order valence-electron chi connectivity index (χ1n) is 5.92. The Labute approximate surface area is 126 Å². The van der Waals surface area contributed by atoms with Crippen molar-refractivity contribution >= 4 is 33.1 Å². The van der Waals surface area contributed by atoms with Crippen LogP contribution in [-0.4, -0.2) is 20.7 Å². The maximum Gasteiger partial charge on any atom is 0.243 e. The fourth-order valence-corrected chi connectivity index (χ4v) is 4.37. The van der Waals surface area contributed by atoms with Crippen molar-refractivity contribution in [2.24, 2.45) is 0 Å². The molecule has 0 spiro atoms. The van der Waals surface area contributed by atoms with E-state index in [0.717, 1.165) is 11.8 Å². The number of halogens is 1. The molecule has 0 fully saturated rings. The minimum atomic E-state index is -3.76. The monoisotopic (exact) mass is 331 g/mol. The highest BCUT2D eigenvalue weighted by Gasteiger charge is 2.17. The van der Waals surface area contributed by atoms with Gasteiger partial charge in [-0.2, -0.15) is 23.1 Å². The molecule has 20 heavy (non-hydrogen) atoms. The van der Waals surface area contributed by atoms with E-state index in [-0.39, 0.29) is 11.4 Å². The maximum atomic E-state index is 13.4. The molecule has 1 N–H and O–H groups in total. The van der Waals surface area contributed by atoms with Gasteiger partial charge in [0.05, 0.1) is 0 Å². The Morgan fingerprint density at radius 3 is 2.75 bits per heavy atom. The zero-order chi connectivity index (χ0) is 14.4. The van der Waals surface area contributed by atoms with Crippen LogP contribution >= 0.6 is 23.1 Å². The molecule has 0 saturated carbocycles. The lowest BCUT2D eigenvalue weighted by molar-refractivity contribution is 0.559. The molecule has 2 aromatic rings. The van der Waals surface area contributed by atoms with Gasteiger partial charge >= 0.3 is 0 Å². The summed E-state index contributed by atoms with van der Waals surface area (Å²) in [5, 5.41) is 4.08. The molecule has 0 aliphatic rings. The molecule has 1 aromatic heterocycles. The van der Waals surface area contributed by atoms with Crippen molar-refractivity contribution in [2.45, 2.75) is 10.6 Å².